The summed E-state index contributed by atoms with van der Waals surface area (Å²) in [6, 6.07) is 10.8. The molecule has 1 unspecified atom stereocenters. The zero-order valence-corrected chi connectivity index (χ0v) is 18.5. The Bertz CT molecular complexity index is 912. The second-order valence-electron chi connectivity index (χ2n) is 8.50. The standard InChI is InChI=1S/C26H32F2N2O2/c1-2-18-8-5-9-20(10-18)16-29-17-25(31)24(13-21-11-22(27)15-23(28)12-21)30-26(32)14-19-6-3-4-7-19/h3,5-6,8-12,15,19,24-25,29,31H,2,4,7,13-14,16-17H2,1H3,(H,30,32)/t19?,24-,25-/m0/s1. The first-order chi connectivity index (χ1) is 15.4. The van der Waals surface area contributed by atoms with Gasteiger partial charge in [-0.2, -0.15) is 0 Å². The number of allylic oxidation sites excluding steroid dienone is 2. The molecule has 1 amide bonds. The highest BCUT2D eigenvalue weighted by atomic mass is 19.1. The van der Waals surface area contributed by atoms with Crippen molar-refractivity contribution in [1.82, 2.24) is 10.6 Å². The minimum atomic E-state index is -0.918. The highest BCUT2D eigenvalue weighted by Crippen LogP contribution is 2.20. The molecule has 32 heavy (non-hydrogen) atoms. The summed E-state index contributed by atoms with van der Waals surface area (Å²) >= 11 is 0. The molecule has 2 aromatic carbocycles. The van der Waals surface area contributed by atoms with Crippen LogP contribution in [0.5, 0.6) is 0 Å². The Morgan fingerprint density at radius 3 is 2.56 bits per heavy atom. The van der Waals surface area contributed by atoms with Gasteiger partial charge in [-0.3, -0.25) is 4.79 Å². The fourth-order valence-corrected chi connectivity index (χ4v) is 4.10. The van der Waals surface area contributed by atoms with Crippen LogP contribution >= 0.6 is 0 Å². The first-order valence-corrected chi connectivity index (χ1v) is 11.3. The van der Waals surface area contributed by atoms with E-state index < -0.39 is 23.8 Å². The van der Waals surface area contributed by atoms with Crippen molar-refractivity contribution in [2.45, 2.75) is 57.7 Å². The van der Waals surface area contributed by atoms with E-state index in [4.69, 9.17) is 0 Å². The molecule has 0 spiro atoms. The first-order valence-electron chi connectivity index (χ1n) is 11.3. The second-order valence-corrected chi connectivity index (χ2v) is 8.50. The predicted molar refractivity (Wildman–Crippen MR) is 122 cm³/mol. The highest BCUT2D eigenvalue weighted by Gasteiger charge is 2.24. The summed E-state index contributed by atoms with van der Waals surface area (Å²) in [6.45, 7) is 2.91. The summed E-state index contributed by atoms with van der Waals surface area (Å²) in [5, 5.41) is 16.9. The molecule has 1 aliphatic rings. The maximum absolute atomic E-state index is 13.7. The normalized spacial score (nSPS) is 17.3. The minimum absolute atomic E-state index is 0.134. The number of rotatable bonds is 11. The summed E-state index contributed by atoms with van der Waals surface area (Å²) in [5.74, 6) is -1.32. The van der Waals surface area contributed by atoms with Gasteiger partial charge in [-0.25, -0.2) is 8.78 Å². The van der Waals surface area contributed by atoms with Gasteiger partial charge < -0.3 is 15.7 Å². The lowest BCUT2D eigenvalue weighted by atomic mass is 9.99. The average molecular weight is 443 g/mol. The lowest BCUT2D eigenvalue weighted by molar-refractivity contribution is -0.123. The molecule has 0 saturated heterocycles. The molecule has 172 valence electrons. The molecule has 0 fully saturated rings. The topological polar surface area (TPSA) is 61.4 Å². The highest BCUT2D eigenvalue weighted by molar-refractivity contribution is 5.77. The molecule has 0 aliphatic heterocycles. The number of benzene rings is 2. The van der Waals surface area contributed by atoms with E-state index in [0.29, 0.717) is 18.5 Å². The number of carbonyl (C=O) groups excluding carboxylic acids is 1. The van der Waals surface area contributed by atoms with E-state index >= 15 is 0 Å². The van der Waals surface area contributed by atoms with Gasteiger partial charge in [0.25, 0.3) is 0 Å². The number of carbonyl (C=O) groups is 1. The number of amides is 1. The van der Waals surface area contributed by atoms with Crippen LogP contribution in [-0.2, 0) is 24.2 Å². The first kappa shape index (κ1) is 24.1. The van der Waals surface area contributed by atoms with Gasteiger partial charge in [0, 0.05) is 25.6 Å². The zero-order chi connectivity index (χ0) is 22.9. The van der Waals surface area contributed by atoms with Crippen molar-refractivity contribution in [1.29, 1.82) is 0 Å². The Labute approximate surface area is 188 Å². The Morgan fingerprint density at radius 1 is 1.12 bits per heavy atom. The van der Waals surface area contributed by atoms with Crippen LogP contribution in [0.1, 0.15) is 42.9 Å². The van der Waals surface area contributed by atoms with Crippen LogP contribution < -0.4 is 10.6 Å². The fourth-order valence-electron chi connectivity index (χ4n) is 4.10. The van der Waals surface area contributed by atoms with E-state index in [0.717, 1.165) is 30.9 Å². The molecule has 2 aromatic rings. The van der Waals surface area contributed by atoms with Crippen LogP contribution in [0.4, 0.5) is 8.78 Å². The van der Waals surface area contributed by atoms with Crippen molar-refractivity contribution in [2.24, 2.45) is 5.92 Å². The van der Waals surface area contributed by atoms with Crippen LogP contribution in [0.15, 0.2) is 54.6 Å². The summed E-state index contributed by atoms with van der Waals surface area (Å²) in [6.07, 6.45) is 6.52. The molecule has 1 aliphatic carbocycles. The summed E-state index contributed by atoms with van der Waals surface area (Å²) < 4.78 is 27.3. The van der Waals surface area contributed by atoms with Crippen LogP contribution in [-0.4, -0.2) is 29.7 Å². The molecule has 0 radical (unpaired) electrons. The molecule has 0 aromatic heterocycles. The van der Waals surface area contributed by atoms with E-state index in [-0.39, 0.29) is 24.8 Å². The number of aryl methyl sites for hydroxylation is 1. The summed E-state index contributed by atoms with van der Waals surface area (Å²) in [4.78, 5) is 12.6. The Balaban J connectivity index is 1.62. The number of aliphatic hydroxyl groups excluding tert-OH is 1. The smallest absolute Gasteiger partial charge is 0.220 e. The Morgan fingerprint density at radius 2 is 1.88 bits per heavy atom. The van der Waals surface area contributed by atoms with Crippen molar-refractivity contribution in [3.8, 4) is 0 Å². The molecule has 0 heterocycles. The van der Waals surface area contributed by atoms with Crippen molar-refractivity contribution < 1.29 is 18.7 Å². The SMILES string of the molecule is CCc1cccc(CNC[C@H](O)[C@H](Cc2cc(F)cc(F)c2)NC(=O)CC2C=CCC2)c1. The number of aliphatic hydroxyl groups is 1. The van der Waals surface area contributed by atoms with Crippen molar-refractivity contribution in [3.05, 3.63) is 82.9 Å². The number of hydrogen-bond donors (Lipinski definition) is 3. The third kappa shape index (κ3) is 7.53. The van der Waals surface area contributed by atoms with Crippen molar-refractivity contribution in [2.75, 3.05) is 6.54 Å². The number of hydrogen-bond acceptors (Lipinski definition) is 3. The van der Waals surface area contributed by atoms with E-state index in [1.54, 1.807) is 0 Å². The molecule has 6 heteroatoms. The van der Waals surface area contributed by atoms with Gasteiger partial charge in [0.15, 0.2) is 0 Å². The largest absolute Gasteiger partial charge is 0.390 e. The zero-order valence-electron chi connectivity index (χ0n) is 18.5. The maximum atomic E-state index is 13.7. The van der Waals surface area contributed by atoms with Gasteiger partial charge in [-0.15, -0.1) is 0 Å². The molecule has 0 bridgehead atoms. The Hall–Kier alpha value is -2.57. The molecule has 0 saturated carbocycles. The second kappa shape index (κ2) is 11.9. The Kier molecular flexibility index (Phi) is 8.94. The number of halogens is 2. The third-order valence-electron chi connectivity index (χ3n) is 5.83. The van der Waals surface area contributed by atoms with Crippen molar-refractivity contribution in [3.63, 3.8) is 0 Å². The lowest BCUT2D eigenvalue weighted by Gasteiger charge is -2.25. The predicted octanol–water partition coefficient (Wildman–Crippen LogP) is 4.06. The van der Waals surface area contributed by atoms with Gasteiger partial charge in [-0.1, -0.05) is 43.3 Å². The summed E-state index contributed by atoms with van der Waals surface area (Å²) in [5.41, 5.74) is 2.74. The average Bonchev–Trinajstić information content (AvgIpc) is 3.25. The third-order valence-corrected chi connectivity index (χ3v) is 5.83. The van der Waals surface area contributed by atoms with E-state index in [9.17, 15) is 18.7 Å². The molecule has 3 N–H and O–H groups in total. The van der Waals surface area contributed by atoms with Gasteiger partial charge >= 0.3 is 0 Å². The van der Waals surface area contributed by atoms with Gasteiger partial charge in [0.2, 0.25) is 5.91 Å². The maximum Gasteiger partial charge on any atom is 0.220 e. The monoisotopic (exact) mass is 442 g/mol. The van der Waals surface area contributed by atoms with Gasteiger partial charge in [-0.05, 0) is 60.4 Å². The van der Waals surface area contributed by atoms with Crippen LogP contribution in [0.25, 0.3) is 0 Å². The van der Waals surface area contributed by atoms with Crippen molar-refractivity contribution >= 4 is 5.91 Å². The van der Waals surface area contributed by atoms with E-state index in [1.165, 1.54) is 17.7 Å². The number of nitrogens with one attached hydrogen (secondary N) is 2. The molecule has 3 rings (SSSR count). The van der Waals surface area contributed by atoms with Crippen LogP contribution in [0.2, 0.25) is 0 Å². The van der Waals surface area contributed by atoms with Crippen LogP contribution in [0.3, 0.4) is 0 Å². The quantitative estimate of drug-likeness (QED) is 0.460. The van der Waals surface area contributed by atoms with Crippen LogP contribution in [0, 0.1) is 17.6 Å². The molecular weight excluding hydrogens is 410 g/mol. The molecule has 3 atom stereocenters. The fraction of sp³-hybridized carbons (Fsp3) is 0.423. The van der Waals surface area contributed by atoms with E-state index in [1.807, 2.05) is 18.2 Å². The van der Waals surface area contributed by atoms with Gasteiger partial charge in [0.05, 0.1) is 12.1 Å². The molecular formula is C26H32F2N2O2. The lowest BCUT2D eigenvalue weighted by Crippen LogP contribution is -2.49. The van der Waals surface area contributed by atoms with Gasteiger partial charge in [0.1, 0.15) is 11.6 Å². The molecule has 4 nitrogen and oxygen atoms in total. The van der Waals surface area contributed by atoms with E-state index in [2.05, 4.69) is 35.8 Å². The minimum Gasteiger partial charge on any atom is -0.390 e. The summed E-state index contributed by atoms with van der Waals surface area (Å²) in [7, 11) is 0.